The lowest BCUT2D eigenvalue weighted by Crippen LogP contribution is -2.25. The van der Waals surface area contributed by atoms with Gasteiger partial charge in [0.05, 0.1) is 6.61 Å². The van der Waals surface area contributed by atoms with Crippen LogP contribution in [0.5, 0.6) is 0 Å². The number of nitrogens with one attached hydrogen (secondary N) is 1. The largest absolute Gasteiger partial charge is 0.380 e. The molecule has 0 bridgehead atoms. The van der Waals surface area contributed by atoms with Crippen LogP contribution in [0.1, 0.15) is 24.0 Å². The molecule has 3 heteroatoms. The van der Waals surface area contributed by atoms with E-state index in [1.54, 1.807) is 7.11 Å². The van der Waals surface area contributed by atoms with Crippen LogP contribution in [0.2, 0.25) is 0 Å². The summed E-state index contributed by atoms with van der Waals surface area (Å²) in [5, 5.41) is 3.59. The highest BCUT2D eigenvalue weighted by molar-refractivity contribution is 7.99. The lowest BCUT2D eigenvalue weighted by Gasteiger charge is -2.21. The Morgan fingerprint density at radius 2 is 2.06 bits per heavy atom. The van der Waals surface area contributed by atoms with Crippen molar-refractivity contribution in [1.82, 2.24) is 5.32 Å². The molecule has 1 heterocycles. The molecule has 1 aromatic carbocycles. The van der Waals surface area contributed by atoms with E-state index >= 15 is 0 Å². The van der Waals surface area contributed by atoms with Crippen molar-refractivity contribution in [3.63, 3.8) is 0 Å². The van der Waals surface area contributed by atoms with Gasteiger partial charge in [0.1, 0.15) is 0 Å². The number of methoxy groups -OCH3 is 1. The molecule has 2 nitrogen and oxygen atoms in total. The molecule has 0 amide bonds. The highest BCUT2D eigenvalue weighted by Crippen LogP contribution is 2.21. The molecule has 2 rings (SSSR count). The third-order valence-electron chi connectivity index (χ3n) is 3.41. The van der Waals surface area contributed by atoms with Gasteiger partial charge in [0.2, 0.25) is 0 Å². The van der Waals surface area contributed by atoms with E-state index in [0.29, 0.717) is 6.61 Å². The smallest absolute Gasteiger partial charge is 0.0713 e. The summed E-state index contributed by atoms with van der Waals surface area (Å²) < 4.78 is 5.16. The number of hydrogen-bond acceptors (Lipinski definition) is 3. The molecule has 0 aromatic heterocycles. The second-order valence-electron chi connectivity index (χ2n) is 4.94. The molecular weight excluding hydrogens is 242 g/mol. The number of rotatable bonds is 6. The van der Waals surface area contributed by atoms with Crippen LogP contribution in [0.4, 0.5) is 0 Å². The molecule has 18 heavy (non-hydrogen) atoms. The Morgan fingerprint density at radius 3 is 2.83 bits per heavy atom. The van der Waals surface area contributed by atoms with Crippen molar-refractivity contribution in [3.05, 3.63) is 35.4 Å². The molecule has 0 aliphatic carbocycles. The monoisotopic (exact) mass is 265 g/mol. The Balaban J connectivity index is 1.73. The zero-order valence-corrected chi connectivity index (χ0v) is 12.0. The number of hydrogen-bond donors (Lipinski definition) is 1. The van der Waals surface area contributed by atoms with Crippen LogP contribution in [0.15, 0.2) is 24.3 Å². The van der Waals surface area contributed by atoms with Gasteiger partial charge in [0.15, 0.2) is 0 Å². The number of thioether (sulfide) groups is 1. The highest BCUT2D eigenvalue weighted by Gasteiger charge is 2.12. The average molecular weight is 265 g/mol. The van der Waals surface area contributed by atoms with E-state index in [4.69, 9.17) is 4.74 Å². The van der Waals surface area contributed by atoms with Gasteiger partial charge >= 0.3 is 0 Å². The van der Waals surface area contributed by atoms with Gasteiger partial charge in [0.25, 0.3) is 0 Å². The fourth-order valence-electron chi connectivity index (χ4n) is 2.37. The molecule has 0 unspecified atom stereocenters. The van der Waals surface area contributed by atoms with Crippen LogP contribution in [-0.4, -0.2) is 25.2 Å². The van der Waals surface area contributed by atoms with Gasteiger partial charge in [0, 0.05) is 13.7 Å². The Bertz CT molecular complexity index is 350. The van der Waals surface area contributed by atoms with Crippen LogP contribution in [0.25, 0.3) is 0 Å². The maximum atomic E-state index is 5.16. The van der Waals surface area contributed by atoms with Gasteiger partial charge in [-0.3, -0.25) is 0 Å². The molecule has 1 saturated heterocycles. The first-order valence-electron chi connectivity index (χ1n) is 6.73. The van der Waals surface area contributed by atoms with Gasteiger partial charge in [-0.2, -0.15) is 11.8 Å². The molecular formula is C15H23NOS. The first-order chi connectivity index (χ1) is 8.88. The van der Waals surface area contributed by atoms with E-state index in [1.165, 1.54) is 35.5 Å². The zero-order chi connectivity index (χ0) is 12.6. The Kier molecular flexibility index (Phi) is 6.05. The van der Waals surface area contributed by atoms with Gasteiger partial charge in [-0.05, 0) is 47.9 Å². The second kappa shape index (κ2) is 7.82. The number of benzene rings is 1. The summed E-state index contributed by atoms with van der Waals surface area (Å²) in [6.07, 6.45) is 2.75. The fraction of sp³-hybridized carbons (Fsp3) is 0.600. The van der Waals surface area contributed by atoms with E-state index in [-0.39, 0.29) is 0 Å². The maximum Gasteiger partial charge on any atom is 0.0713 e. The first-order valence-corrected chi connectivity index (χ1v) is 7.89. The molecule has 0 atom stereocenters. The molecule has 100 valence electrons. The van der Waals surface area contributed by atoms with E-state index < -0.39 is 0 Å². The topological polar surface area (TPSA) is 21.3 Å². The SMILES string of the molecule is COCc1cccc(CNCC2CCSCC2)c1. The quantitative estimate of drug-likeness (QED) is 0.854. The van der Waals surface area contributed by atoms with Crippen molar-refractivity contribution >= 4 is 11.8 Å². The Morgan fingerprint density at radius 1 is 1.28 bits per heavy atom. The van der Waals surface area contributed by atoms with Gasteiger partial charge in [-0.1, -0.05) is 24.3 Å². The summed E-state index contributed by atoms with van der Waals surface area (Å²) in [6, 6.07) is 8.64. The molecule has 0 saturated carbocycles. The second-order valence-corrected chi connectivity index (χ2v) is 6.16. The summed E-state index contributed by atoms with van der Waals surface area (Å²) in [4.78, 5) is 0. The standard InChI is InChI=1S/C15H23NOS/c1-17-12-15-4-2-3-14(9-15)11-16-10-13-5-7-18-8-6-13/h2-4,9,13,16H,5-8,10-12H2,1H3. The van der Waals surface area contributed by atoms with E-state index in [1.807, 2.05) is 0 Å². The van der Waals surface area contributed by atoms with Gasteiger partial charge < -0.3 is 10.1 Å². The molecule has 0 spiro atoms. The predicted molar refractivity (Wildman–Crippen MR) is 78.9 cm³/mol. The minimum atomic E-state index is 0.702. The van der Waals surface area contributed by atoms with E-state index in [2.05, 4.69) is 41.3 Å². The minimum Gasteiger partial charge on any atom is -0.380 e. The van der Waals surface area contributed by atoms with Crippen molar-refractivity contribution in [2.75, 3.05) is 25.2 Å². The molecule has 0 radical (unpaired) electrons. The Hall–Kier alpha value is -0.510. The molecule has 1 aromatic rings. The average Bonchev–Trinajstić information content (AvgIpc) is 2.41. The van der Waals surface area contributed by atoms with Gasteiger partial charge in [-0.25, -0.2) is 0 Å². The third kappa shape index (κ3) is 4.63. The first kappa shape index (κ1) is 13.9. The van der Waals surface area contributed by atoms with Crippen LogP contribution >= 0.6 is 11.8 Å². The third-order valence-corrected chi connectivity index (χ3v) is 4.45. The molecule has 1 aliphatic rings. The van der Waals surface area contributed by atoms with Crippen LogP contribution in [-0.2, 0) is 17.9 Å². The van der Waals surface area contributed by atoms with Crippen LogP contribution < -0.4 is 5.32 Å². The molecule has 1 N–H and O–H groups in total. The number of ether oxygens (including phenoxy) is 1. The van der Waals surface area contributed by atoms with Crippen molar-refractivity contribution in [1.29, 1.82) is 0 Å². The summed E-state index contributed by atoms with van der Waals surface area (Å²) in [5.74, 6) is 3.57. The molecule has 1 fully saturated rings. The lowest BCUT2D eigenvalue weighted by molar-refractivity contribution is 0.185. The summed E-state index contributed by atoms with van der Waals surface area (Å²) in [7, 11) is 1.74. The summed E-state index contributed by atoms with van der Waals surface area (Å²) in [5.41, 5.74) is 2.61. The molecule has 1 aliphatic heterocycles. The van der Waals surface area contributed by atoms with Gasteiger partial charge in [-0.15, -0.1) is 0 Å². The van der Waals surface area contributed by atoms with Crippen molar-refractivity contribution in [2.24, 2.45) is 5.92 Å². The Labute approximate surface area is 114 Å². The summed E-state index contributed by atoms with van der Waals surface area (Å²) in [6.45, 7) is 2.84. The van der Waals surface area contributed by atoms with Crippen molar-refractivity contribution in [2.45, 2.75) is 26.0 Å². The van der Waals surface area contributed by atoms with E-state index in [0.717, 1.165) is 19.0 Å². The zero-order valence-electron chi connectivity index (χ0n) is 11.2. The van der Waals surface area contributed by atoms with Crippen molar-refractivity contribution < 1.29 is 4.74 Å². The minimum absolute atomic E-state index is 0.702. The summed E-state index contributed by atoms with van der Waals surface area (Å²) >= 11 is 2.09. The fourth-order valence-corrected chi connectivity index (χ4v) is 3.57. The lowest BCUT2D eigenvalue weighted by atomic mass is 10.0. The van der Waals surface area contributed by atoms with Crippen LogP contribution in [0.3, 0.4) is 0 Å². The predicted octanol–water partition coefficient (Wildman–Crippen LogP) is 3.07. The normalized spacial score (nSPS) is 16.9. The highest BCUT2D eigenvalue weighted by atomic mass is 32.2. The maximum absolute atomic E-state index is 5.16. The van der Waals surface area contributed by atoms with E-state index in [9.17, 15) is 0 Å². The van der Waals surface area contributed by atoms with Crippen LogP contribution in [0, 0.1) is 5.92 Å². The van der Waals surface area contributed by atoms with Crippen molar-refractivity contribution in [3.8, 4) is 0 Å².